The number of hydroxylamine groups is 2. The van der Waals surface area contributed by atoms with Crippen LogP contribution in [0.3, 0.4) is 0 Å². The van der Waals surface area contributed by atoms with E-state index < -0.39 is 6.10 Å². The van der Waals surface area contributed by atoms with Gasteiger partial charge in [-0.1, -0.05) is 60.7 Å². The zero-order valence-corrected chi connectivity index (χ0v) is 20.5. The highest BCUT2D eigenvalue weighted by Gasteiger charge is 2.19. The molecule has 1 saturated heterocycles. The maximum absolute atomic E-state index is 12.1. The van der Waals surface area contributed by atoms with Crippen molar-refractivity contribution < 1.29 is 24.2 Å². The van der Waals surface area contributed by atoms with E-state index >= 15 is 0 Å². The average Bonchev–Trinajstić information content (AvgIpc) is 3.46. The molecule has 36 heavy (non-hydrogen) atoms. The van der Waals surface area contributed by atoms with Crippen LogP contribution in [-0.2, 0) is 22.6 Å². The maximum atomic E-state index is 12.1. The number of carbonyl (C=O) groups is 1. The Kier molecular flexibility index (Phi) is 9.73. The lowest BCUT2D eigenvalue weighted by Crippen LogP contribution is -2.36. The van der Waals surface area contributed by atoms with E-state index in [4.69, 9.17) is 14.3 Å². The molecule has 1 fully saturated rings. The lowest BCUT2D eigenvalue weighted by Gasteiger charge is -2.25. The van der Waals surface area contributed by atoms with Gasteiger partial charge in [0, 0.05) is 19.6 Å². The second kappa shape index (κ2) is 13.6. The van der Waals surface area contributed by atoms with Gasteiger partial charge in [0.25, 0.3) is 5.91 Å². The highest BCUT2D eigenvalue weighted by Crippen LogP contribution is 2.15. The minimum atomic E-state index is -0.609. The predicted octanol–water partition coefficient (Wildman–Crippen LogP) is 3.71. The van der Waals surface area contributed by atoms with Gasteiger partial charge in [-0.2, -0.15) is 0 Å². The Balaban J connectivity index is 1.27. The Bertz CT molecular complexity index is 1040. The number of nitrogens with zero attached hydrogens (tertiary/aromatic N) is 2. The van der Waals surface area contributed by atoms with Crippen LogP contribution in [0.1, 0.15) is 17.5 Å². The van der Waals surface area contributed by atoms with Crippen LogP contribution in [0.25, 0.3) is 0 Å². The fourth-order valence-electron chi connectivity index (χ4n) is 4.04. The molecule has 0 radical (unpaired) electrons. The summed E-state index contributed by atoms with van der Waals surface area (Å²) in [5.74, 6) is 1.24. The smallest absolute Gasteiger partial charge is 0.283 e. The highest BCUT2D eigenvalue weighted by molar-refractivity contribution is 5.76. The molecule has 1 atom stereocenters. The maximum Gasteiger partial charge on any atom is 0.283 e. The third kappa shape index (κ3) is 8.37. The van der Waals surface area contributed by atoms with Crippen LogP contribution >= 0.6 is 0 Å². The second-order valence-corrected chi connectivity index (χ2v) is 8.86. The summed E-state index contributed by atoms with van der Waals surface area (Å²) in [5, 5.41) is 12.0. The monoisotopic (exact) mass is 490 g/mol. The number of hydrogen-bond donors (Lipinski definition) is 1. The van der Waals surface area contributed by atoms with E-state index in [1.807, 2.05) is 72.8 Å². The molecule has 1 aliphatic heterocycles. The van der Waals surface area contributed by atoms with Crippen molar-refractivity contribution in [3.63, 3.8) is 0 Å². The first-order valence-corrected chi connectivity index (χ1v) is 12.4. The van der Waals surface area contributed by atoms with E-state index in [0.717, 1.165) is 37.2 Å². The first-order chi connectivity index (χ1) is 17.7. The molecule has 7 nitrogen and oxygen atoms in total. The molecule has 1 heterocycles. The van der Waals surface area contributed by atoms with Crippen LogP contribution in [-0.4, -0.2) is 66.5 Å². The third-order valence-corrected chi connectivity index (χ3v) is 5.94. The van der Waals surface area contributed by atoms with Crippen molar-refractivity contribution in [1.82, 2.24) is 9.96 Å². The Morgan fingerprint density at radius 3 is 2.31 bits per heavy atom. The van der Waals surface area contributed by atoms with Crippen LogP contribution < -0.4 is 9.47 Å². The van der Waals surface area contributed by atoms with Gasteiger partial charge in [0.2, 0.25) is 0 Å². The van der Waals surface area contributed by atoms with Crippen LogP contribution in [0.5, 0.6) is 11.5 Å². The van der Waals surface area contributed by atoms with Crippen molar-refractivity contribution in [3.05, 3.63) is 96.1 Å². The van der Waals surface area contributed by atoms with Gasteiger partial charge in [0.05, 0.1) is 13.2 Å². The topological polar surface area (TPSA) is 71.5 Å². The number of benzene rings is 3. The van der Waals surface area contributed by atoms with Crippen LogP contribution in [0.4, 0.5) is 0 Å². The molecule has 3 aromatic carbocycles. The van der Waals surface area contributed by atoms with E-state index in [2.05, 4.69) is 17.0 Å². The van der Waals surface area contributed by atoms with Gasteiger partial charge in [-0.3, -0.25) is 14.5 Å². The van der Waals surface area contributed by atoms with Crippen LogP contribution in [0.2, 0.25) is 0 Å². The summed E-state index contributed by atoms with van der Waals surface area (Å²) in [5.41, 5.74) is 2.36. The van der Waals surface area contributed by atoms with Gasteiger partial charge in [0.15, 0.2) is 6.61 Å². The molecule has 3 aromatic rings. The molecule has 1 N–H and O–H groups in total. The Hall–Kier alpha value is -3.39. The molecule has 1 aliphatic rings. The summed E-state index contributed by atoms with van der Waals surface area (Å²) < 4.78 is 11.4. The fraction of sp³-hybridized carbons (Fsp3) is 0.345. The molecule has 1 unspecified atom stereocenters. The van der Waals surface area contributed by atoms with E-state index in [0.29, 0.717) is 25.4 Å². The number of aliphatic hydroxyl groups excluding tert-OH is 1. The summed E-state index contributed by atoms with van der Waals surface area (Å²) >= 11 is 0. The van der Waals surface area contributed by atoms with Crippen molar-refractivity contribution in [1.29, 1.82) is 0 Å². The summed E-state index contributed by atoms with van der Waals surface area (Å²) in [6.45, 7) is 3.43. The van der Waals surface area contributed by atoms with Crippen LogP contribution in [0.15, 0.2) is 84.9 Å². The molecule has 1 amide bonds. The van der Waals surface area contributed by atoms with Crippen molar-refractivity contribution in [2.75, 3.05) is 39.5 Å². The van der Waals surface area contributed by atoms with Crippen molar-refractivity contribution in [2.45, 2.75) is 25.5 Å². The highest BCUT2D eigenvalue weighted by atomic mass is 16.7. The van der Waals surface area contributed by atoms with Gasteiger partial charge in [-0.25, -0.2) is 5.06 Å². The van der Waals surface area contributed by atoms with Crippen molar-refractivity contribution >= 4 is 5.91 Å². The molecule has 0 aromatic heterocycles. The number of aliphatic hydroxyl groups is 1. The SMILES string of the molecule is O=C(COc1ccc(CCN(Cc2ccccc2)CC(O)COc2ccccc2)cc1)N1CCCO1. The minimum Gasteiger partial charge on any atom is -0.491 e. The van der Waals surface area contributed by atoms with Crippen molar-refractivity contribution in [3.8, 4) is 11.5 Å². The Labute approximate surface area is 212 Å². The molecule has 0 saturated carbocycles. The summed E-state index contributed by atoms with van der Waals surface area (Å²) in [7, 11) is 0. The summed E-state index contributed by atoms with van der Waals surface area (Å²) in [6.07, 6.45) is 1.07. The van der Waals surface area contributed by atoms with Crippen molar-refractivity contribution in [2.24, 2.45) is 0 Å². The van der Waals surface area contributed by atoms with Gasteiger partial charge in [-0.05, 0) is 48.2 Å². The standard InChI is InChI=1S/C29H34N2O5/c32-26(22-34-27-10-5-2-6-11-27)21-30(20-25-8-3-1-4-9-25)18-16-24-12-14-28(15-13-24)35-23-29(33)31-17-7-19-36-31/h1-6,8-15,26,32H,7,16-23H2. The number of amides is 1. The number of carbonyl (C=O) groups excluding carboxylic acids is 1. The summed E-state index contributed by atoms with van der Waals surface area (Å²) in [4.78, 5) is 19.6. The molecule has 0 bridgehead atoms. The molecule has 0 spiro atoms. The third-order valence-electron chi connectivity index (χ3n) is 5.94. The lowest BCUT2D eigenvalue weighted by atomic mass is 10.1. The number of hydrogen-bond acceptors (Lipinski definition) is 6. The largest absolute Gasteiger partial charge is 0.491 e. The molecule has 7 heteroatoms. The molecular formula is C29H34N2O5. The molecule has 4 rings (SSSR count). The quantitative estimate of drug-likeness (QED) is 0.394. The van der Waals surface area contributed by atoms with Gasteiger partial charge >= 0.3 is 0 Å². The molecule has 190 valence electrons. The zero-order chi connectivity index (χ0) is 25.0. The fourth-order valence-corrected chi connectivity index (χ4v) is 4.04. The average molecular weight is 491 g/mol. The second-order valence-electron chi connectivity index (χ2n) is 8.86. The predicted molar refractivity (Wildman–Crippen MR) is 138 cm³/mol. The van der Waals surface area contributed by atoms with E-state index in [1.54, 1.807) is 0 Å². The lowest BCUT2D eigenvalue weighted by molar-refractivity contribution is -0.170. The first kappa shape index (κ1) is 25.7. The molecule has 0 aliphatic carbocycles. The number of ether oxygens (including phenoxy) is 2. The van der Waals surface area contributed by atoms with Gasteiger partial charge < -0.3 is 14.6 Å². The number of rotatable bonds is 13. The number of para-hydroxylation sites is 1. The Morgan fingerprint density at radius 1 is 0.917 bits per heavy atom. The first-order valence-electron chi connectivity index (χ1n) is 12.4. The van der Waals surface area contributed by atoms with E-state index in [-0.39, 0.29) is 19.1 Å². The van der Waals surface area contributed by atoms with Crippen LogP contribution in [0, 0.1) is 0 Å². The minimum absolute atomic E-state index is 0.0346. The Morgan fingerprint density at radius 2 is 1.61 bits per heavy atom. The van der Waals surface area contributed by atoms with E-state index in [9.17, 15) is 9.90 Å². The summed E-state index contributed by atoms with van der Waals surface area (Å²) in [6, 6.07) is 27.6. The van der Waals surface area contributed by atoms with Gasteiger partial charge in [0.1, 0.15) is 24.2 Å². The zero-order valence-electron chi connectivity index (χ0n) is 20.5. The normalized spacial score (nSPS) is 14.1. The molecular weight excluding hydrogens is 456 g/mol. The van der Waals surface area contributed by atoms with E-state index in [1.165, 1.54) is 10.6 Å². The van der Waals surface area contributed by atoms with Gasteiger partial charge in [-0.15, -0.1) is 0 Å².